The third-order valence-corrected chi connectivity index (χ3v) is 4.76. The highest BCUT2D eigenvalue weighted by molar-refractivity contribution is 5.43. The van der Waals surface area contributed by atoms with E-state index in [1.165, 1.54) is 4.68 Å². The average molecular weight is 369 g/mol. The molecule has 2 unspecified atom stereocenters. The van der Waals surface area contributed by atoms with Crippen LogP contribution in [0.15, 0.2) is 35.5 Å². The van der Waals surface area contributed by atoms with Crippen LogP contribution in [-0.4, -0.2) is 35.9 Å². The molecule has 0 aliphatic heterocycles. The van der Waals surface area contributed by atoms with Crippen LogP contribution in [0.2, 0.25) is 0 Å². The van der Waals surface area contributed by atoms with Crippen LogP contribution in [-0.2, 0) is 27.7 Å². The number of rotatable bonds is 7. The van der Waals surface area contributed by atoms with Crippen molar-refractivity contribution in [2.75, 3.05) is 11.9 Å². The monoisotopic (exact) mass is 369 g/mol. The smallest absolute Gasteiger partial charge is 0.290 e. The summed E-state index contributed by atoms with van der Waals surface area (Å²) >= 11 is 0. The van der Waals surface area contributed by atoms with Crippen molar-refractivity contribution < 1.29 is 4.74 Å². The standard InChI is InChI=1S/C18H23N7O2/c1-23-5-4-15(21-23)14-6-13(14)11-27-17-7-16(18(26)25(3)22-17)19-8-12-9-20-24(2)10-12/h4-5,7,9-10,13-14,19H,6,8,11H2,1-3H3. The van der Waals surface area contributed by atoms with Crippen molar-refractivity contribution in [3.05, 3.63) is 52.3 Å². The largest absolute Gasteiger partial charge is 0.476 e. The highest BCUT2D eigenvalue weighted by Crippen LogP contribution is 2.46. The molecule has 0 saturated heterocycles. The van der Waals surface area contributed by atoms with E-state index in [2.05, 4.69) is 26.7 Å². The molecule has 9 nitrogen and oxygen atoms in total. The minimum Gasteiger partial charge on any atom is -0.476 e. The van der Waals surface area contributed by atoms with Crippen LogP contribution in [0.3, 0.4) is 0 Å². The van der Waals surface area contributed by atoms with Gasteiger partial charge in [-0.1, -0.05) is 0 Å². The Morgan fingerprint density at radius 2 is 2.11 bits per heavy atom. The summed E-state index contributed by atoms with van der Waals surface area (Å²) in [6.07, 6.45) is 6.69. The van der Waals surface area contributed by atoms with Crippen molar-refractivity contribution in [2.45, 2.75) is 18.9 Å². The molecule has 0 aromatic carbocycles. The second kappa shape index (κ2) is 6.90. The molecule has 1 fully saturated rings. The molecular formula is C18H23N7O2. The third kappa shape index (κ3) is 3.86. The van der Waals surface area contributed by atoms with Gasteiger partial charge in [-0.25, -0.2) is 4.68 Å². The van der Waals surface area contributed by atoms with Crippen molar-refractivity contribution in [3.63, 3.8) is 0 Å². The maximum absolute atomic E-state index is 12.3. The van der Waals surface area contributed by atoms with Crippen LogP contribution in [0.4, 0.5) is 5.69 Å². The Bertz CT molecular complexity index is 1000. The zero-order valence-electron chi connectivity index (χ0n) is 15.7. The summed E-state index contributed by atoms with van der Waals surface area (Å²) < 4.78 is 10.7. The fourth-order valence-electron chi connectivity index (χ4n) is 3.16. The average Bonchev–Trinajstić information content (AvgIpc) is 3.09. The maximum atomic E-state index is 12.3. The van der Waals surface area contributed by atoms with E-state index in [0.717, 1.165) is 17.7 Å². The number of aromatic nitrogens is 6. The van der Waals surface area contributed by atoms with Gasteiger partial charge in [0.15, 0.2) is 0 Å². The molecule has 3 aromatic heterocycles. The number of aryl methyl sites for hydroxylation is 3. The molecule has 1 N–H and O–H groups in total. The highest BCUT2D eigenvalue weighted by Gasteiger charge is 2.40. The van der Waals surface area contributed by atoms with Gasteiger partial charge in [-0.3, -0.25) is 14.2 Å². The van der Waals surface area contributed by atoms with Crippen LogP contribution < -0.4 is 15.6 Å². The Kier molecular flexibility index (Phi) is 4.43. The number of anilines is 1. The molecule has 0 radical (unpaired) electrons. The van der Waals surface area contributed by atoms with E-state index < -0.39 is 0 Å². The Morgan fingerprint density at radius 1 is 1.26 bits per heavy atom. The van der Waals surface area contributed by atoms with Gasteiger partial charge in [0.1, 0.15) is 5.69 Å². The minimum absolute atomic E-state index is 0.191. The predicted molar refractivity (Wildman–Crippen MR) is 99.6 cm³/mol. The van der Waals surface area contributed by atoms with E-state index >= 15 is 0 Å². The lowest BCUT2D eigenvalue weighted by molar-refractivity contribution is 0.278. The molecule has 1 saturated carbocycles. The number of nitrogens with one attached hydrogen (secondary N) is 1. The summed E-state index contributed by atoms with van der Waals surface area (Å²) in [5.41, 5.74) is 2.38. The number of hydrogen-bond donors (Lipinski definition) is 1. The molecule has 27 heavy (non-hydrogen) atoms. The van der Waals surface area contributed by atoms with Gasteiger partial charge in [0, 0.05) is 63.5 Å². The Labute approximate surface area is 156 Å². The molecular weight excluding hydrogens is 346 g/mol. The molecule has 0 bridgehead atoms. The maximum Gasteiger partial charge on any atom is 0.290 e. The van der Waals surface area contributed by atoms with Gasteiger partial charge in [-0.2, -0.15) is 10.2 Å². The van der Waals surface area contributed by atoms with E-state index in [1.54, 1.807) is 24.0 Å². The Morgan fingerprint density at radius 3 is 2.81 bits per heavy atom. The fourth-order valence-corrected chi connectivity index (χ4v) is 3.16. The van der Waals surface area contributed by atoms with Crippen molar-refractivity contribution in [2.24, 2.45) is 27.1 Å². The first-order valence-corrected chi connectivity index (χ1v) is 8.91. The third-order valence-electron chi connectivity index (χ3n) is 4.76. The topological polar surface area (TPSA) is 91.8 Å². The van der Waals surface area contributed by atoms with E-state index in [9.17, 15) is 4.79 Å². The first-order chi connectivity index (χ1) is 13.0. The van der Waals surface area contributed by atoms with Gasteiger partial charge < -0.3 is 10.1 Å². The summed E-state index contributed by atoms with van der Waals surface area (Å²) in [6.45, 7) is 1.07. The molecule has 4 rings (SSSR count). The molecule has 2 atom stereocenters. The van der Waals surface area contributed by atoms with Crippen LogP contribution in [0.1, 0.15) is 23.6 Å². The second-order valence-corrected chi connectivity index (χ2v) is 7.03. The number of ether oxygens (including phenoxy) is 1. The summed E-state index contributed by atoms with van der Waals surface area (Å²) in [7, 11) is 5.40. The summed E-state index contributed by atoms with van der Waals surface area (Å²) in [6, 6.07) is 3.71. The molecule has 9 heteroatoms. The van der Waals surface area contributed by atoms with Gasteiger partial charge in [0.2, 0.25) is 5.88 Å². The lowest BCUT2D eigenvalue weighted by Gasteiger charge is -2.10. The zero-order chi connectivity index (χ0) is 19.0. The van der Waals surface area contributed by atoms with Gasteiger partial charge in [0.25, 0.3) is 5.56 Å². The predicted octanol–water partition coefficient (Wildman–Crippen LogP) is 1.04. The molecule has 1 aliphatic carbocycles. The second-order valence-electron chi connectivity index (χ2n) is 7.03. The Hall–Kier alpha value is -3.10. The van der Waals surface area contributed by atoms with E-state index in [0.29, 0.717) is 36.6 Å². The van der Waals surface area contributed by atoms with Crippen molar-refractivity contribution >= 4 is 5.69 Å². The first kappa shape index (κ1) is 17.3. The summed E-state index contributed by atoms with van der Waals surface area (Å²) in [5, 5.41) is 15.9. The lowest BCUT2D eigenvalue weighted by Crippen LogP contribution is -2.24. The van der Waals surface area contributed by atoms with Gasteiger partial charge in [0.05, 0.1) is 18.5 Å². The molecule has 1 aliphatic rings. The van der Waals surface area contributed by atoms with Crippen LogP contribution in [0, 0.1) is 5.92 Å². The van der Waals surface area contributed by atoms with Crippen molar-refractivity contribution in [1.82, 2.24) is 29.3 Å². The fraction of sp³-hybridized carbons (Fsp3) is 0.444. The normalized spacial score (nSPS) is 18.5. The van der Waals surface area contributed by atoms with Crippen LogP contribution >= 0.6 is 0 Å². The Balaban J connectivity index is 1.38. The zero-order valence-corrected chi connectivity index (χ0v) is 15.7. The summed E-state index contributed by atoms with van der Waals surface area (Å²) in [4.78, 5) is 12.3. The van der Waals surface area contributed by atoms with Crippen molar-refractivity contribution in [1.29, 1.82) is 0 Å². The van der Waals surface area contributed by atoms with Gasteiger partial charge >= 0.3 is 0 Å². The van der Waals surface area contributed by atoms with Crippen molar-refractivity contribution in [3.8, 4) is 5.88 Å². The van der Waals surface area contributed by atoms with E-state index in [1.807, 2.05) is 31.2 Å². The summed E-state index contributed by atoms with van der Waals surface area (Å²) in [5.74, 6) is 1.32. The molecule has 3 aromatic rings. The lowest BCUT2D eigenvalue weighted by atomic mass is 10.2. The number of hydrogen-bond acceptors (Lipinski definition) is 6. The molecule has 3 heterocycles. The first-order valence-electron chi connectivity index (χ1n) is 8.91. The molecule has 0 spiro atoms. The van der Waals surface area contributed by atoms with Gasteiger partial charge in [-0.15, -0.1) is 5.10 Å². The van der Waals surface area contributed by atoms with Crippen LogP contribution in [0.5, 0.6) is 5.88 Å². The number of nitrogens with zero attached hydrogens (tertiary/aromatic N) is 6. The van der Waals surface area contributed by atoms with Crippen LogP contribution in [0.25, 0.3) is 0 Å². The molecule has 0 amide bonds. The molecule has 142 valence electrons. The minimum atomic E-state index is -0.191. The van der Waals surface area contributed by atoms with Gasteiger partial charge in [-0.05, 0) is 12.5 Å². The van der Waals surface area contributed by atoms with E-state index in [-0.39, 0.29) is 5.56 Å². The van der Waals surface area contributed by atoms with E-state index in [4.69, 9.17) is 4.74 Å². The quantitative estimate of drug-likeness (QED) is 0.669. The SMILES string of the molecule is Cn1cc(CNc2cc(OCC3CC3c3ccn(C)n3)nn(C)c2=O)cn1. The highest BCUT2D eigenvalue weighted by atomic mass is 16.5.